The van der Waals surface area contributed by atoms with Gasteiger partial charge in [0.1, 0.15) is 0 Å². The van der Waals surface area contributed by atoms with Crippen LogP contribution in [0.5, 0.6) is 0 Å². The molecule has 0 bridgehead atoms. The van der Waals surface area contributed by atoms with E-state index in [0.717, 1.165) is 13.0 Å². The molecule has 2 unspecified atom stereocenters. The highest BCUT2D eigenvalue weighted by molar-refractivity contribution is 4.91. The van der Waals surface area contributed by atoms with E-state index < -0.39 is 0 Å². The maximum Gasteiger partial charge on any atom is 0.0967 e. The summed E-state index contributed by atoms with van der Waals surface area (Å²) in [4.78, 5) is 2.34. The summed E-state index contributed by atoms with van der Waals surface area (Å²) < 4.78 is 0. The van der Waals surface area contributed by atoms with Gasteiger partial charge in [-0.3, -0.25) is 5.32 Å². The van der Waals surface area contributed by atoms with Gasteiger partial charge in [0.2, 0.25) is 0 Å². The zero-order valence-corrected chi connectivity index (χ0v) is 12.5. The molecule has 0 rings (SSSR count). The third-order valence-corrected chi connectivity index (χ3v) is 3.38. The van der Waals surface area contributed by atoms with Crippen LogP contribution < -0.4 is 5.32 Å². The Kier molecular flexibility index (Phi) is 6.74. The average molecular weight is 239 g/mol. The van der Waals surface area contributed by atoms with Crippen LogP contribution in [0, 0.1) is 16.7 Å². The second kappa shape index (κ2) is 6.98. The molecule has 0 saturated carbocycles. The van der Waals surface area contributed by atoms with Gasteiger partial charge in [-0.05, 0) is 39.7 Å². The van der Waals surface area contributed by atoms with Crippen molar-refractivity contribution in [1.82, 2.24) is 10.2 Å². The molecule has 0 spiro atoms. The van der Waals surface area contributed by atoms with E-state index in [-0.39, 0.29) is 11.5 Å². The molecule has 0 aliphatic rings. The maximum absolute atomic E-state index is 9.06. The van der Waals surface area contributed by atoms with Crippen molar-refractivity contribution in [2.45, 2.75) is 66.1 Å². The van der Waals surface area contributed by atoms with Crippen molar-refractivity contribution in [2.75, 3.05) is 13.6 Å². The molecule has 0 aromatic carbocycles. The van der Waals surface area contributed by atoms with Crippen LogP contribution in [0.2, 0.25) is 0 Å². The molecule has 0 fully saturated rings. The van der Waals surface area contributed by atoms with E-state index in [2.05, 4.69) is 64.9 Å². The van der Waals surface area contributed by atoms with Gasteiger partial charge in [0, 0.05) is 18.6 Å². The minimum Gasteiger partial charge on any atom is -0.303 e. The highest BCUT2D eigenvalue weighted by Gasteiger charge is 2.24. The first kappa shape index (κ1) is 16.4. The minimum absolute atomic E-state index is 0.0374. The molecule has 0 aliphatic carbocycles. The predicted molar refractivity (Wildman–Crippen MR) is 73.8 cm³/mol. The summed E-state index contributed by atoms with van der Waals surface area (Å²) in [5, 5.41) is 12.3. The van der Waals surface area contributed by atoms with E-state index in [1.54, 1.807) is 0 Å². The summed E-state index contributed by atoms with van der Waals surface area (Å²) in [6.45, 7) is 14.1. The Bertz CT molecular complexity index is 247. The Morgan fingerprint density at radius 1 is 1.24 bits per heavy atom. The first-order valence-electron chi connectivity index (χ1n) is 6.54. The van der Waals surface area contributed by atoms with Gasteiger partial charge < -0.3 is 4.90 Å². The lowest BCUT2D eigenvalue weighted by Crippen LogP contribution is -2.42. The van der Waals surface area contributed by atoms with Gasteiger partial charge in [-0.1, -0.05) is 20.8 Å². The number of nitriles is 1. The second-order valence-corrected chi connectivity index (χ2v) is 6.31. The van der Waals surface area contributed by atoms with Gasteiger partial charge in [-0.2, -0.15) is 5.26 Å². The van der Waals surface area contributed by atoms with E-state index >= 15 is 0 Å². The molecule has 0 aromatic rings. The highest BCUT2D eigenvalue weighted by atomic mass is 15.1. The minimum atomic E-state index is -0.0374. The molecule has 0 aliphatic heterocycles. The molecule has 0 saturated heterocycles. The molecule has 0 aromatic heterocycles. The Morgan fingerprint density at radius 2 is 1.76 bits per heavy atom. The Labute approximate surface area is 107 Å². The molecule has 3 heteroatoms. The number of hydrogen-bond donors (Lipinski definition) is 1. The van der Waals surface area contributed by atoms with E-state index in [1.807, 2.05) is 0 Å². The van der Waals surface area contributed by atoms with Crippen molar-refractivity contribution in [3.05, 3.63) is 0 Å². The first-order chi connectivity index (χ1) is 7.68. The van der Waals surface area contributed by atoms with Crippen LogP contribution in [0.3, 0.4) is 0 Å². The molecule has 1 N–H and O–H groups in total. The van der Waals surface area contributed by atoms with Crippen LogP contribution in [-0.2, 0) is 0 Å². The highest BCUT2D eigenvalue weighted by Crippen LogP contribution is 2.23. The summed E-state index contributed by atoms with van der Waals surface area (Å²) in [5.74, 6) is 0. The molecule has 100 valence electrons. The fraction of sp³-hybridized carbons (Fsp3) is 0.929. The maximum atomic E-state index is 9.06. The van der Waals surface area contributed by atoms with Crippen molar-refractivity contribution in [3.63, 3.8) is 0 Å². The summed E-state index contributed by atoms with van der Waals surface area (Å²) in [6.07, 6.45) is 0.881. The van der Waals surface area contributed by atoms with Crippen LogP contribution in [0.4, 0.5) is 0 Å². The quantitative estimate of drug-likeness (QED) is 0.774. The van der Waals surface area contributed by atoms with Crippen molar-refractivity contribution < 1.29 is 0 Å². The summed E-state index contributed by atoms with van der Waals surface area (Å²) in [6, 6.07) is 3.17. The van der Waals surface area contributed by atoms with E-state index in [9.17, 15) is 0 Å². The lowest BCUT2D eigenvalue weighted by atomic mass is 9.87. The zero-order valence-electron chi connectivity index (χ0n) is 12.5. The van der Waals surface area contributed by atoms with Crippen LogP contribution in [-0.4, -0.2) is 36.6 Å². The van der Waals surface area contributed by atoms with Gasteiger partial charge in [-0.15, -0.1) is 0 Å². The third-order valence-electron chi connectivity index (χ3n) is 3.38. The van der Waals surface area contributed by atoms with Crippen molar-refractivity contribution in [2.24, 2.45) is 5.41 Å². The third kappa shape index (κ3) is 6.65. The average Bonchev–Trinajstić information content (AvgIpc) is 2.20. The summed E-state index contributed by atoms with van der Waals surface area (Å²) in [5.41, 5.74) is 0.280. The largest absolute Gasteiger partial charge is 0.303 e. The number of nitrogens with one attached hydrogen (secondary N) is 1. The Hall–Kier alpha value is -0.590. The molecule has 17 heavy (non-hydrogen) atoms. The number of hydrogen-bond acceptors (Lipinski definition) is 3. The van der Waals surface area contributed by atoms with Gasteiger partial charge in [0.05, 0.1) is 12.1 Å². The molecule has 0 amide bonds. The molecule has 3 nitrogen and oxygen atoms in total. The van der Waals surface area contributed by atoms with Crippen LogP contribution in [0.15, 0.2) is 0 Å². The standard InChI is InChI=1S/C14H29N3/c1-11(2)16-13(10-15)8-9-17(7)12(3)14(4,5)6/h11-13,16H,8-9H2,1-7H3. The smallest absolute Gasteiger partial charge is 0.0967 e. The molecule has 2 atom stereocenters. The zero-order chi connectivity index (χ0) is 13.6. The van der Waals surface area contributed by atoms with Gasteiger partial charge in [0.15, 0.2) is 0 Å². The van der Waals surface area contributed by atoms with Crippen LogP contribution >= 0.6 is 0 Å². The number of nitrogens with zero attached hydrogens (tertiary/aromatic N) is 2. The van der Waals surface area contributed by atoms with Gasteiger partial charge >= 0.3 is 0 Å². The lowest BCUT2D eigenvalue weighted by molar-refractivity contribution is 0.137. The van der Waals surface area contributed by atoms with Crippen LogP contribution in [0.25, 0.3) is 0 Å². The molecule has 0 radical (unpaired) electrons. The van der Waals surface area contributed by atoms with Crippen LogP contribution in [0.1, 0.15) is 48.0 Å². The first-order valence-corrected chi connectivity index (χ1v) is 6.54. The van der Waals surface area contributed by atoms with Crippen molar-refractivity contribution >= 4 is 0 Å². The molecular formula is C14H29N3. The Morgan fingerprint density at radius 3 is 2.12 bits per heavy atom. The second-order valence-electron chi connectivity index (χ2n) is 6.31. The molecular weight excluding hydrogens is 210 g/mol. The van der Waals surface area contributed by atoms with Gasteiger partial charge in [0.25, 0.3) is 0 Å². The number of rotatable bonds is 6. The predicted octanol–water partition coefficient (Wildman–Crippen LogP) is 2.63. The molecule has 0 heterocycles. The van der Waals surface area contributed by atoms with Gasteiger partial charge in [-0.25, -0.2) is 0 Å². The van der Waals surface area contributed by atoms with Crippen molar-refractivity contribution in [1.29, 1.82) is 5.26 Å². The van der Waals surface area contributed by atoms with Crippen molar-refractivity contribution in [3.8, 4) is 6.07 Å². The SMILES string of the molecule is CC(C)NC(C#N)CCN(C)C(C)C(C)(C)C. The lowest BCUT2D eigenvalue weighted by Gasteiger charge is -2.35. The fourth-order valence-electron chi connectivity index (χ4n) is 1.78. The van der Waals surface area contributed by atoms with E-state index in [0.29, 0.717) is 12.1 Å². The fourth-order valence-corrected chi connectivity index (χ4v) is 1.78. The van der Waals surface area contributed by atoms with E-state index in [4.69, 9.17) is 5.26 Å². The topological polar surface area (TPSA) is 39.1 Å². The monoisotopic (exact) mass is 239 g/mol. The normalized spacial score (nSPS) is 16.0. The Balaban J connectivity index is 4.14. The van der Waals surface area contributed by atoms with E-state index in [1.165, 1.54) is 0 Å². The summed E-state index contributed by atoms with van der Waals surface area (Å²) >= 11 is 0. The summed E-state index contributed by atoms with van der Waals surface area (Å²) in [7, 11) is 2.14.